The summed E-state index contributed by atoms with van der Waals surface area (Å²) in [5.74, 6) is 1.13. The van der Waals surface area contributed by atoms with Crippen molar-refractivity contribution >= 4 is 17.4 Å². The van der Waals surface area contributed by atoms with E-state index in [-0.39, 0.29) is 16.3 Å². The zero-order valence-corrected chi connectivity index (χ0v) is 19.1. The van der Waals surface area contributed by atoms with Crippen molar-refractivity contribution in [3.05, 3.63) is 88.6 Å². The molecule has 0 aliphatic carbocycles. The maximum Gasteiger partial charge on any atom is 0.301 e. The third-order valence-corrected chi connectivity index (χ3v) is 6.00. The molecule has 0 saturated carbocycles. The van der Waals surface area contributed by atoms with E-state index in [1.165, 1.54) is 18.3 Å². The molecule has 2 aromatic heterocycles. The molecular weight excluding hydrogens is 452 g/mol. The van der Waals surface area contributed by atoms with Crippen LogP contribution in [-0.2, 0) is 0 Å². The summed E-state index contributed by atoms with van der Waals surface area (Å²) in [5.41, 5.74) is 2.71. The van der Waals surface area contributed by atoms with E-state index in [2.05, 4.69) is 11.1 Å². The van der Waals surface area contributed by atoms with Gasteiger partial charge >= 0.3 is 5.69 Å². The Bertz CT molecular complexity index is 1400. The standard InChI is InChI=1S/C25H18N4O4S/c1-32-17-10-11-23(33-2)19(13-17)18-14-21(16-7-4-3-5-8-16)28-24(20(18)15-26)34-25-22(29(30)31)9-6-12-27-25/h3-14H,1-2H3. The second-order valence-electron chi connectivity index (χ2n) is 6.97. The summed E-state index contributed by atoms with van der Waals surface area (Å²) < 4.78 is 10.9. The highest BCUT2D eigenvalue weighted by Crippen LogP contribution is 2.42. The Kier molecular flexibility index (Phi) is 6.71. The smallest absolute Gasteiger partial charge is 0.301 e. The number of pyridine rings is 2. The first-order valence-corrected chi connectivity index (χ1v) is 10.9. The Labute approximate surface area is 200 Å². The fraction of sp³-hybridized carbons (Fsp3) is 0.0800. The molecule has 0 amide bonds. The molecule has 8 nitrogen and oxygen atoms in total. The van der Waals surface area contributed by atoms with Gasteiger partial charge in [0.2, 0.25) is 0 Å². The average molecular weight is 471 g/mol. The van der Waals surface area contributed by atoms with Crippen molar-refractivity contribution in [1.82, 2.24) is 9.97 Å². The quantitative estimate of drug-likeness (QED) is 0.248. The van der Waals surface area contributed by atoms with Crippen LogP contribution < -0.4 is 9.47 Å². The summed E-state index contributed by atoms with van der Waals surface area (Å²) in [6, 6.07) is 21.7. The first kappa shape index (κ1) is 22.8. The predicted octanol–water partition coefficient (Wildman–Crippen LogP) is 5.76. The monoisotopic (exact) mass is 470 g/mol. The molecule has 0 unspecified atom stereocenters. The van der Waals surface area contributed by atoms with Gasteiger partial charge in [0.1, 0.15) is 22.6 Å². The number of hydrogen-bond donors (Lipinski definition) is 0. The summed E-state index contributed by atoms with van der Waals surface area (Å²) in [4.78, 5) is 19.9. The Balaban J connectivity index is 2.00. The van der Waals surface area contributed by atoms with Crippen molar-refractivity contribution in [3.63, 3.8) is 0 Å². The van der Waals surface area contributed by atoms with Crippen molar-refractivity contribution in [1.29, 1.82) is 5.26 Å². The summed E-state index contributed by atoms with van der Waals surface area (Å²) in [7, 11) is 3.10. The number of benzene rings is 2. The number of nitrogens with zero attached hydrogens (tertiary/aromatic N) is 4. The molecule has 2 aromatic carbocycles. The molecular formula is C25H18N4O4S. The van der Waals surface area contributed by atoms with E-state index in [1.807, 2.05) is 36.4 Å². The Morgan fingerprint density at radius 2 is 1.76 bits per heavy atom. The van der Waals surface area contributed by atoms with Gasteiger partial charge < -0.3 is 9.47 Å². The number of aromatic nitrogens is 2. The Morgan fingerprint density at radius 1 is 0.971 bits per heavy atom. The van der Waals surface area contributed by atoms with Crippen molar-refractivity contribution < 1.29 is 14.4 Å². The van der Waals surface area contributed by atoms with Crippen LogP contribution in [0.5, 0.6) is 11.5 Å². The van der Waals surface area contributed by atoms with Gasteiger partial charge in [0, 0.05) is 29.0 Å². The van der Waals surface area contributed by atoms with E-state index in [9.17, 15) is 15.4 Å². The van der Waals surface area contributed by atoms with Gasteiger partial charge in [0.25, 0.3) is 0 Å². The summed E-state index contributed by atoms with van der Waals surface area (Å²) >= 11 is 0.976. The SMILES string of the molecule is COc1ccc(OC)c(-c2cc(-c3ccccc3)nc(Sc3ncccc3[N+](=O)[O-])c2C#N)c1. The highest BCUT2D eigenvalue weighted by atomic mass is 32.2. The van der Waals surface area contributed by atoms with Gasteiger partial charge in [-0.3, -0.25) is 10.1 Å². The normalized spacial score (nSPS) is 10.4. The van der Waals surface area contributed by atoms with Crippen molar-refractivity contribution in [3.8, 4) is 40.0 Å². The first-order chi connectivity index (χ1) is 16.5. The third kappa shape index (κ3) is 4.53. The summed E-state index contributed by atoms with van der Waals surface area (Å²) in [6.07, 6.45) is 1.47. The van der Waals surface area contributed by atoms with Crippen LogP contribution in [0.3, 0.4) is 0 Å². The maximum atomic E-state index is 11.5. The maximum absolute atomic E-state index is 11.5. The Morgan fingerprint density at radius 3 is 2.44 bits per heavy atom. The highest BCUT2D eigenvalue weighted by Gasteiger charge is 2.23. The molecule has 9 heteroatoms. The van der Waals surface area contributed by atoms with Gasteiger partial charge in [0.05, 0.1) is 30.4 Å². The summed E-state index contributed by atoms with van der Waals surface area (Å²) in [5, 5.41) is 22.1. The van der Waals surface area contributed by atoms with Crippen LogP contribution in [0, 0.1) is 21.4 Å². The van der Waals surface area contributed by atoms with E-state index in [0.29, 0.717) is 33.3 Å². The minimum Gasteiger partial charge on any atom is -0.497 e. The van der Waals surface area contributed by atoms with Crippen molar-refractivity contribution in [2.24, 2.45) is 0 Å². The molecule has 0 atom stereocenters. The van der Waals surface area contributed by atoms with Crippen LogP contribution in [0.4, 0.5) is 5.69 Å². The molecule has 0 aliphatic heterocycles. The average Bonchev–Trinajstić information content (AvgIpc) is 2.88. The zero-order valence-electron chi connectivity index (χ0n) is 18.3. The van der Waals surface area contributed by atoms with Crippen LogP contribution in [0.2, 0.25) is 0 Å². The van der Waals surface area contributed by atoms with E-state index >= 15 is 0 Å². The molecule has 0 fully saturated rings. The second kappa shape index (κ2) is 10.0. The Hall–Kier alpha value is -4.42. The van der Waals surface area contributed by atoms with Crippen LogP contribution in [-0.4, -0.2) is 29.1 Å². The molecule has 34 heavy (non-hydrogen) atoms. The molecule has 0 saturated heterocycles. The minimum atomic E-state index is -0.506. The van der Waals surface area contributed by atoms with Gasteiger partial charge in [-0.1, -0.05) is 30.3 Å². The van der Waals surface area contributed by atoms with Crippen LogP contribution in [0.1, 0.15) is 5.56 Å². The van der Waals surface area contributed by atoms with Crippen LogP contribution >= 0.6 is 11.8 Å². The second-order valence-corrected chi connectivity index (χ2v) is 7.94. The number of hydrogen-bond acceptors (Lipinski definition) is 8. The largest absolute Gasteiger partial charge is 0.497 e. The van der Waals surface area contributed by atoms with Crippen LogP contribution in [0.15, 0.2) is 83.0 Å². The lowest BCUT2D eigenvalue weighted by molar-refractivity contribution is -0.388. The third-order valence-electron chi connectivity index (χ3n) is 5.01. The zero-order chi connectivity index (χ0) is 24.1. The molecule has 0 radical (unpaired) electrons. The summed E-state index contributed by atoms with van der Waals surface area (Å²) in [6.45, 7) is 0. The first-order valence-electron chi connectivity index (χ1n) is 10.1. The van der Waals surface area contributed by atoms with E-state index < -0.39 is 4.92 Å². The number of ether oxygens (including phenoxy) is 2. The predicted molar refractivity (Wildman–Crippen MR) is 128 cm³/mol. The molecule has 0 aliphatic rings. The fourth-order valence-corrected chi connectivity index (χ4v) is 4.33. The van der Waals surface area contributed by atoms with Gasteiger partial charge in [-0.2, -0.15) is 5.26 Å². The molecule has 4 rings (SSSR count). The molecule has 0 bridgehead atoms. The lowest BCUT2D eigenvalue weighted by Crippen LogP contribution is -1.99. The topological polar surface area (TPSA) is 111 Å². The van der Waals surface area contributed by atoms with Crippen molar-refractivity contribution in [2.75, 3.05) is 14.2 Å². The molecule has 4 aromatic rings. The molecule has 168 valence electrons. The molecule has 0 spiro atoms. The fourth-order valence-electron chi connectivity index (χ4n) is 3.39. The van der Waals surface area contributed by atoms with Crippen LogP contribution in [0.25, 0.3) is 22.4 Å². The highest BCUT2D eigenvalue weighted by molar-refractivity contribution is 7.99. The number of nitriles is 1. The number of nitro groups is 1. The molecule has 2 heterocycles. The van der Waals surface area contributed by atoms with Gasteiger partial charge in [-0.25, -0.2) is 9.97 Å². The molecule has 0 N–H and O–H groups in total. The van der Waals surface area contributed by atoms with Gasteiger partial charge in [0.15, 0.2) is 5.03 Å². The van der Waals surface area contributed by atoms with E-state index in [4.69, 9.17) is 14.5 Å². The lowest BCUT2D eigenvalue weighted by Gasteiger charge is -2.15. The minimum absolute atomic E-state index is 0.144. The lowest BCUT2D eigenvalue weighted by atomic mass is 9.98. The van der Waals surface area contributed by atoms with Gasteiger partial charge in [-0.05, 0) is 42.1 Å². The number of methoxy groups -OCH3 is 2. The van der Waals surface area contributed by atoms with E-state index in [0.717, 1.165) is 17.3 Å². The number of rotatable bonds is 7. The van der Waals surface area contributed by atoms with Crippen molar-refractivity contribution in [2.45, 2.75) is 10.1 Å². The van der Waals surface area contributed by atoms with E-state index in [1.54, 1.807) is 32.4 Å². The van der Waals surface area contributed by atoms with Gasteiger partial charge in [-0.15, -0.1) is 0 Å².